The predicted octanol–water partition coefficient (Wildman–Crippen LogP) is 1.77. The first-order chi connectivity index (χ1) is 14.4. The Bertz CT molecular complexity index is 793. The summed E-state index contributed by atoms with van der Waals surface area (Å²) in [4.78, 5) is 24.6. The summed E-state index contributed by atoms with van der Waals surface area (Å²) in [5.74, 6) is 0.190. The second-order valence-corrected chi connectivity index (χ2v) is 7.29. The maximum absolute atomic E-state index is 12.5. The Morgan fingerprint density at radius 1 is 1.23 bits per heavy atom. The first-order valence-corrected chi connectivity index (χ1v) is 10.4. The zero-order chi connectivity index (χ0) is 21.9. The van der Waals surface area contributed by atoms with Crippen LogP contribution in [0.4, 0.5) is 0 Å². The third kappa shape index (κ3) is 7.61. The third-order valence-corrected chi connectivity index (χ3v) is 4.69. The SMILES string of the molecule is CCCC(=O)N(CC)NC[C@@H](O)[C@H](Cc1ccccc1)NC(=O)Cc1cc(C)no1. The van der Waals surface area contributed by atoms with Gasteiger partial charge in [0.05, 0.1) is 24.3 Å². The van der Waals surface area contributed by atoms with Gasteiger partial charge in [0, 0.05) is 25.6 Å². The summed E-state index contributed by atoms with van der Waals surface area (Å²) >= 11 is 0. The summed E-state index contributed by atoms with van der Waals surface area (Å²) in [5, 5.41) is 19.0. The molecule has 0 radical (unpaired) electrons. The minimum atomic E-state index is -0.894. The first-order valence-electron chi connectivity index (χ1n) is 10.4. The maximum atomic E-state index is 12.5. The Kier molecular flexibility index (Phi) is 9.50. The fourth-order valence-corrected chi connectivity index (χ4v) is 3.14. The van der Waals surface area contributed by atoms with Crippen LogP contribution in [0.3, 0.4) is 0 Å². The van der Waals surface area contributed by atoms with Crippen LogP contribution in [0.1, 0.15) is 43.7 Å². The lowest BCUT2D eigenvalue weighted by molar-refractivity contribution is -0.135. The van der Waals surface area contributed by atoms with Gasteiger partial charge in [-0.3, -0.25) is 14.6 Å². The minimum Gasteiger partial charge on any atom is -0.390 e. The van der Waals surface area contributed by atoms with Gasteiger partial charge in [-0.1, -0.05) is 42.4 Å². The van der Waals surface area contributed by atoms with E-state index >= 15 is 0 Å². The largest absolute Gasteiger partial charge is 0.390 e. The van der Waals surface area contributed by atoms with E-state index in [2.05, 4.69) is 15.9 Å². The van der Waals surface area contributed by atoms with Crippen molar-refractivity contribution in [2.75, 3.05) is 13.1 Å². The summed E-state index contributed by atoms with van der Waals surface area (Å²) in [6.07, 6.45) is 0.807. The van der Waals surface area contributed by atoms with Gasteiger partial charge in [-0.15, -0.1) is 0 Å². The third-order valence-electron chi connectivity index (χ3n) is 4.69. The lowest BCUT2D eigenvalue weighted by atomic mass is 10.0. The number of aromatic nitrogens is 1. The molecule has 0 fully saturated rings. The Labute approximate surface area is 177 Å². The molecule has 0 saturated heterocycles. The molecule has 0 spiro atoms. The Hall–Kier alpha value is -2.71. The second kappa shape index (κ2) is 12.1. The number of nitrogens with zero attached hydrogens (tertiary/aromatic N) is 2. The molecule has 0 saturated carbocycles. The van der Waals surface area contributed by atoms with Crippen LogP contribution in [0, 0.1) is 6.92 Å². The second-order valence-electron chi connectivity index (χ2n) is 7.29. The minimum absolute atomic E-state index is 0.0171. The molecule has 2 rings (SSSR count). The zero-order valence-electron chi connectivity index (χ0n) is 17.9. The van der Waals surface area contributed by atoms with Crippen molar-refractivity contribution in [1.29, 1.82) is 0 Å². The standard InChI is InChI=1S/C22H32N4O4/c1-4-9-22(29)26(5-2)23-15-20(27)19(13-17-10-7-6-8-11-17)24-21(28)14-18-12-16(3)25-30-18/h6-8,10-12,19-20,23,27H,4-5,9,13-15H2,1-3H3,(H,24,28)/t19-,20+/m0/s1. The van der Waals surface area contributed by atoms with Gasteiger partial charge in [-0.05, 0) is 32.3 Å². The van der Waals surface area contributed by atoms with Gasteiger partial charge in [0.15, 0.2) is 0 Å². The van der Waals surface area contributed by atoms with Crippen LogP contribution in [0.15, 0.2) is 40.9 Å². The van der Waals surface area contributed by atoms with E-state index in [1.54, 1.807) is 13.0 Å². The first kappa shape index (κ1) is 23.6. The molecule has 2 atom stereocenters. The smallest absolute Gasteiger partial charge is 0.236 e. The number of hydrazine groups is 1. The summed E-state index contributed by atoms with van der Waals surface area (Å²) in [7, 11) is 0. The normalized spacial score (nSPS) is 12.9. The number of amides is 2. The maximum Gasteiger partial charge on any atom is 0.236 e. The average molecular weight is 417 g/mol. The Balaban J connectivity index is 2.02. The van der Waals surface area contributed by atoms with Crippen molar-refractivity contribution >= 4 is 11.8 Å². The van der Waals surface area contributed by atoms with E-state index in [4.69, 9.17) is 4.52 Å². The van der Waals surface area contributed by atoms with Crippen molar-refractivity contribution in [1.82, 2.24) is 20.9 Å². The molecular weight excluding hydrogens is 384 g/mol. The van der Waals surface area contributed by atoms with Crippen LogP contribution >= 0.6 is 0 Å². The molecule has 0 aliphatic heterocycles. The van der Waals surface area contributed by atoms with Gasteiger partial charge >= 0.3 is 0 Å². The molecule has 8 nitrogen and oxygen atoms in total. The van der Waals surface area contributed by atoms with Gasteiger partial charge in [0.25, 0.3) is 0 Å². The Morgan fingerprint density at radius 3 is 2.57 bits per heavy atom. The summed E-state index contributed by atoms with van der Waals surface area (Å²) < 4.78 is 5.11. The number of carbonyl (C=O) groups is 2. The summed E-state index contributed by atoms with van der Waals surface area (Å²) in [5.41, 5.74) is 4.70. The monoisotopic (exact) mass is 416 g/mol. The van der Waals surface area contributed by atoms with Gasteiger partial charge in [0.1, 0.15) is 5.76 Å². The summed E-state index contributed by atoms with van der Waals surface area (Å²) in [6.45, 7) is 6.24. The van der Waals surface area contributed by atoms with Crippen molar-refractivity contribution in [3.05, 3.63) is 53.4 Å². The lowest BCUT2D eigenvalue weighted by Gasteiger charge is -2.28. The van der Waals surface area contributed by atoms with Crippen LogP contribution in [0.5, 0.6) is 0 Å². The number of hydrogen-bond acceptors (Lipinski definition) is 6. The van der Waals surface area contributed by atoms with Crippen molar-refractivity contribution in [2.45, 2.75) is 58.6 Å². The van der Waals surface area contributed by atoms with Crippen molar-refractivity contribution in [3.8, 4) is 0 Å². The number of aliphatic hydroxyl groups excluding tert-OH is 1. The van der Waals surface area contributed by atoms with Crippen LogP contribution in [0.25, 0.3) is 0 Å². The molecule has 8 heteroatoms. The molecule has 0 bridgehead atoms. The summed E-state index contributed by atoms with van der Waals surface area (Å²) in [6, 6.07) is 10.8. The van der Waals surface area contributed by atoms with E-state index in [1.807, 2.05) is 44.2 Å². The van der Waals surface area contributed by atoms with E-state index < -0.39 is 12.1 Å². The zero-order valence-corrected chi connectivity index (χ0v) is 17.9. The van der Waals surface area contributed by atoms with E-state index in [0.29, 0.717) is 30.8 Å². The van der Waals surface area contributed by atoms with E-state index in [-0.39, 0.29) is 24.8 Å². The fourth-order valence-electron chi connectivity index (χ4n) is 3.14. The van der Waals surface area contributed by atoms with Crippen LogP contribution in [-0.4, -0.2) is 52.3 Å². The van der Waals surface area contributed by atoms with Crippen molar-refractivity contribution in [2.24, 2.45) is 0 Å². The molecular formula is C22H32N4O4. The average Bonchev–Trinajstić information content (AvgIpc) is 3.13. The van der Waals surface area contributed by atoms with Gasteiger partial charge < -0.3 is 14.9 Å². The van der Waals surface area contributed by atoms with Gasteiger partial charge in [-0.25, -0.2) is 5.43 Å². The number of rotatable bonds is 12. The molecule has 164 valence electrons. The topological polar surface area (TPSA) is 108 Å². The van der Waals surface area contributed by atoms with E-state index in [0.717, 1.165) is 12.0 Å². The molecule has 1 aromatic heterocycles. The number of nitrogens with one attached hydrogen (secondary N) is 2. The number of hydrogen-bond donors (Lipinski definition) is 3. The molecule has 1 aromatic carbocycles. The number of aryl methyl sites for hydroxylation is 1. The van der Waals surface area contributed by atoms with Crippen LogP contribution < -0.4 is 10.7 Å². The van der Waals surface area contributed by atoms with Crippen molar-refractivity contribution in [3.63, 3.8) is 0 Å². The highest BCUT2D eigenvalue weighted by Gasteiger charge is 2.24. The van der Waals surface area contributed by atoms with Crippen LogP contribution in [0.2, 0.25) is 0 Å². The fraction of sp³-hybridized carbons (Fsp3) is 0.500. The number of benzene rings is 1. The van der Waals surface area contributed by atoms with E-state index in [9.17, 15) is 14.7 Å². The highest BCUT2D eigenvalue weighted by atomic mass is 16.5. The molecule has 0 aliphatic carbocycles. The van der Waals surface area contributed by atoms with Gasteiger partial charge in [0.2, 0.25) is 11.8 Å². The number of carbonyl (C=O) groups excluding carboxylic acids is 2. The molecule has 0 aliphatic rings. The Morgan fingerprint density at radius 2 is 1.97 bits per heavy atom. The molecule has 0 unspecified atom stereocenters. The van der Waals surface area contributed by atoms with E-state index in [1.165, 1.54) is 5.01 Å². The molecule has 2 aromatic rings. The highest BCUT2D eigenvalue weighted by molar-refractivity contribution is 5.78. The van der Waals surface area contributed by atoms with Crippen molar-refractivity contribution < 1.29 is 19.2 Å². The molecule has 3 N–H and O–H groups in total. The lowest BCUT2D eigenvalue weighted by Crippen LogP contribution is -2.53. The molecule has 30 heavy (non-hydrogen) atoms. The highest BCUT2D eigenvalue weighted by Crippen LogP contribution is 2.09. The van der Waals surface area contributed by atoms with Gasteiger partial charge in [-0.2, -0.15) is 0 Å². The molecule has 2 amide bonds. The van der Waals surface area contributed by atoms with Crippen LogP contribution in [-0.2, 0) is 22.4 Å². The predicted molar refractivity (Wildman–Crippen MR) is 113 cm³/mol. The number of aliphatic hydroxyl groups is 1. The quantitative estimate of drug-likeness (QED) is 0.455. The molecule has 1 heterocycles.